The van der Waals surface area contributed by atoms with Crippen molar-refractivity contribution in [1.82, 2.24) is 30.0 Å². The fourth-order valence-corrected chi connectivity index (χ4v) is 6.29. The fourth-order valence-electron chi connectivity index (χ4n) is 6.29. The van der Waals surface area contributed by atoms with E-state index in [1.807, 2.05) is 48.8 Å². The second kappa shape index (κ2) is 23.8. The van der Waals surface area contributed by atoms with Gasteiger partial charge in [-0.15, -0.1) is 10.2 Å². The zero-order valence-electron chi connectivity index (χ0n) is 35.3. The Balaban J connectivity index is 1.29. The Morgan fingerprint density at radius 1 is 0.387 bits per heavy atom. The number of hydrogen-bond donors (Lipinski definition) is 6. The third-order valence-electron chi connectivity index (χ3n) is 9.57. The van der Waals surface area contributed by atoms with E-state index < -0.39 is 0 Å². The van der Waals surface area contributed by atoms with Gasteiger partial charge in [-0.3, -0.25) is 0 Å². The molecule has 12 N–H and O–H groups in total. The Hall–Kier alpha value is -6.02. The molecule has 0 amide bonds. The molecular formula is C44H60N12O6. The number of nitrogens with two attached hydrogens (primary N) is 6. The van der Waals surface area contributed by atoms with Crippen molar-refractivity contribution in [2.24, 2.45) is 34.4 Å². The van der Waals surface area contributed by atoms with Gasteiger partial charge in [-0.2, -0.15) is 0 Å². The van der Waals surface area contributed by atoms with Crippen LogP contribution in [-0.4, -0.2) is 109 Å². The van der Waals surface area contributed by atoms with Crippen LogP contribution >= 0.6 is 0 Å². The summed E-state index contributed by atoms with van der Waals surface area (Å²) in [5, 5.41) is 20.1. The molecule has 0 fully saturated rings. The van der Waals surface area contributed by atoms with Crippen LogP contribution in [0.2, 0.25) is 0 Å². The van der Waals surface area contributed by atoms with E-state index in [4.69, 9.17) is 62.8 Å². The maximum absolute atomic E-state index is 6.16. The lowest BCUT2D eigenvalue weighted by Gasteiger charge is -2.18. The lowest BCUT2D eigenvalue weighted by atomic mass is 10.0. The van der Waals surface area contributed by atoms with Crippen molar-refractivity contribution < 1.29 is 28.4 Å². The molecule has 2 aromatic heterocycles. The minimum absolute atomic E-state index is 0.406. The number of rotatable bonds is 28. The summed E-state index contributed by atoms with van der Waals surface area (Å²) in [6, 6.07) is 19.8. The first-order chi connectivity index (χ1) is 30.5. The standard InChI is InChI=1S/C44H60N12O6/c45-11-1-17-57-39-25-35(26-40(58-18-2-12-46)43(39)61-21-5-15-49)55-29-37(51-53-55)32-9-7-31-8-10-33(24-34(31)23-32)38-30-56(54-52-38)36-27-41(59-19-3-13-47)44(62-22-6-16-50)42(28-36)60-20-4-14-48/h7-10,23-30H,1-6,11-22,45-50H2. The number of hydrogen-bond acceptors (Lipinski definition) is 16. The molecule has 0 radical (unpaired) electrons. The summed E-state index contributed by atoms with van der Waals surface area (Å²) >= 11 is 0. The monoisotopic (exact) mass is 852 g/mol. The average Bonchev–Trinajstić information content (AvgIpc) is 4.00. The molecule has 332 valence electrons. The van der Waals surface area contributed by atoms with Crippen molar-refractivity contribution in [3.05, 3.63) is 73.1 Å². The summed E-state index contributed by atoms with van der Waals surface area (Å²) in [6.45, 7) is 5.38. The highest BCUT2D eigenvalue weighted by atomic mass is 16.5. The van der Waals surface area contributed by atoms with Crippen LogP contribution in [0.1, 0.15) is 38.5 Å². The zero-order chi connectivity index (χ0) is 43.5. The van der Waals surface area contributed by atoms with E-state index in [1.54, 1.807) is 9.36 Å². The normalized spacial score (nSPS) is 11.3. The van der Waals surface area contributed by atoms with Gasteiger partial charge in [0.2, 0.25) is 11.5 Å². The van der Waals surface area contributed by atoms with Crippen molar-refractivity contribution in [2.45, 2.75) is 38.5 Å². The molecule has 0 aliphatic rings. The van der Waals surface area contributed by atoms with E-state index in [2.05, 4.69) is 44.9 Å². The minimum Gasteiger partial charge on any atom is -0.489 e. The topological polar surface area (TPSA) is 273 Å². The molecule has 0 spiro atoms. The predicted octanol–water partition coefficient (Wildman–Crippen LogP) is 3.70. The molecule has 18 heteroatoms. The summed E-state index contributed by atoms with van der Waals surface area (Å²) in [6.07, 6.45) is 7.76. The van der Waals surface area contributed by atoms with Crippen molar-refractivity contribution in [2.75, 3.05) is 78.9 Å². The van der Waals surface area contributed by atoms with Gasteiger partial charge in [-0.25, -0.2) is 9.36 Å². The van der Waals surface area contributed by atoms with Gasteiger partial charge in [0.15, 0.2) is 23.0 Å². The molecule has 0 aliphatic carbocycles. The maximum atomic E-state index is 6.16. The van der Waals surface area contributed by atoms with E-state index in [1.165, 1.54) is 0 Å². The van der Waals surface area contributed by atoms with E-state index in [0.717, 1.165) is 21.9 Å². The Bertz CT molecular complexity index is 2080. The van der Waals surface area contributed by atoms with Gasteiger partial charge in [-0.1, -0.05) is 34.7 Å². The SMILES string of the molecule is NCCCOc1cc(-n2cc(-c3ccc4ccc(-c5cn(-c6cc(OCCCN)c(OCCCN)c(OCCCN)c6)nn5)cc4c3)nn2)cc(OCCCN)c1OCCCN. The Kier molecular flexibility index (Phi) is 17.5. The van der Waals surface area contributed by atoms with Crippen LogP contribution in [0, 0.1) is 0 Å². The summed E-state index contributed by atoms with van der Waals surface area (Å²) in [4.78, 5) is 0. The molecule has 4 aromatic carbocycles. The fraction of sp³-hybridized carbons (Fsp3) is 0.409. The smallest absolute Gasteiger partial charge is 0.203 e. The van der Waals surface area contributed by atoms with Crippen molar-refractivity contribution in [3.63, 3.8) is 0 Å². The summed E-state index contributed by atoms with van der Waals surface area (Å²) in [5.74, 6) is 3.05. The third-order valence-corrected chi connectivity index (χ3v) is 9.57. The molecule has 2 heterocycles. The molecule has 0 saturated carbocycles. The quantitative estimate of drug-likeness (QED) is 0.0384. The molecule has 6 rings (SSSR count). The highest BCUT2D eigenvalue weighted by Crippen LogP contribution is 2.42. The first-order valence-corrected chi connectivity index (χ1v) is 21.2. The van der Waals surface area contributed by atoms with Crippen LogP contribution in [0.3, 0.4) is 0 Å². The van der Waals surface area contributed by atoms with E-state index >= 15 is 0 Å². The molecule has 0 unspecified atom stereocenters. The third kappa shape index (κ3) is 12.1. The lowest BCUT2D eigenvalue weighted by molar-refractivity contribution is 0.240. The number of nitrogens with zero attached hydrogens (tertiary/aromatic N) is 6. The highest BCUT2D eigenvalue weighted by Gasteiger charge is 2.20. The molecule has 18 nitrogen and oxygen atoms in total. The largest absolute Gasteiger partial charge is 0.489 e. The molecule has 6 aromatic rings. The van der Waals surface area contributed by atoms with Gasteiger partial charge in [0.1, 0.15) is 11.4 Å². The van der Waals surface area contributed by atoms with Crippen LogP contribution < -0.4 is 62.8 Å². The number of benzene rings is 4. The van der Waals surface area contributed by atoms with E-state index in [9.17, 15) is 0 Å². The van der Waals surface area contributed by atoms with Crippen molar-refractivity contribution in [3.8, 4) is 68.4 Å². The number of ether oxygens (including phenoxy) is 6. The molecule has 0 atom stereocenters. The number of fused-ring (bicyclic) bond motifs is 1. The van der Waals surface area contributed by atoms with Crippen LogP contribution in [0.5, 0.6) is 34.5 Å². The molecule has 0 aliphatic heterocycles. The van der Waals surface area contributed by atoms with Crippen LogP contribution in [0.15, 0.2) is 73.1 Å². The lowest BCUT2D eigenvalue weighted by Crippen LogP contribution is -2.12. The first-order valence-electron chi connectivity index (χ1n) is 21.2. The first kappa shape index (κ1) is 45.5. The highest BCUT2D eigenvalue weighted by molar-refractivity contribution is 5.90. The van der Waals surface area contributed by atoms with E-state index in [-0.39, 0.29) is 0 Å². The van der Waals surface area contributed by atoms with Gasteiger partial charge in [0, 0.05) is 35.4 Å². The molecular weight excluding hydrogens is 793 g/mol. The molecule has 0 saturated heterocycles. The van der Waals surface area contributed by atoms with Crippen LogP contribution in [-0.2, 0) is 0 Å². The Morgan fingerprint density at radius 2 is 0.710 bits per heavy atom. The maximum Gasteiger partial charge on any atom is 0.203 e. The second-order valence-electron chi connectivity index (χ2n) is 14.4. The van der Waals surface area contributed by atoms with Crippen molar-refractivity contribution >= 4 is 10.8 Å². The van der Waals surface area contributed by atoms with Crippen LogP contribution in [0.4, 0.5) is 0 Å². The van der Waals surface area contributed by atoms with Gasteiger partial charge in [0.25, 0.3) is 0 Å². The summed E-state index contributed by atoms with van der Waals surface area (Å²) < 4.78 is 40.3. The van der Waals surface area contributed by atoms with Crippen LogP contribution in [0.25, 0.3) is 44.7 Å². The van der Waals surface area contributed by atoms with Gasteiger partial charge in [-0.05, 0) is 101 Å². The van der Waals surface area contributed by atoms with Gasteiger partial charge < -0.3 is 62.8 Å². The average molecular weight is 853 g/mol. The second-order valence-corrected chi connectivity index (χ2v) is 14.4. The Morgan fingerprint density at radius 3 is 1.03 bits per heavy atom. The minimum atomic E-state index is 0.406. The van der Waals surface area contributed by atoms with Gasteiger partial charge >= 0.3 is 0 Å². The van der Waals surface area contributed by atoms with E-state index in [0.29, 0.717) is 175 Å². The Labute approximate surface area is 361 Å². The number of aromatic nitrogens is 6. The zero-order valence-corrected chi connectivity index (χ0v) is 35.3. The summed E-state index contributed by atoms with van der Waals surface area (Å²) in [5.41, 5.74) is 39.0. The summed E-state index contributed by atoms with van der Waals surface area (Å²) in [7, 11) is 0. The van der Waals surface area contributed by atoms with Crippen molar-refractivity contribution in [1.29, 1.82) is 0 Å². The van der Waals surface area contributed by atoms with Gasteiger partial charge in [0.05, 0.1) is 63.4 Å². The molecule has 62 heavy (non-hydrogen) atoms. The predicted molar refractivity (Wildman–Crippen MR) is 240 cm³/mol. The molecule has 0 bridgehead atoms.